The van der Waals surface area contributed by atoms with Crippen molar-refractivity contribution >= 4 is 45.7 Å². The van der Waals surface area contributed by atoms with E-state index in [-0.39, 0.29) is 42.2 Å². The quantitative estimate of drug-likeness (QED) is 0.242. The van der Waals surface area contributed by atoms with Crippen molar-refractivity contribution in [3.05, 3.63) is 70.5 Å². The van der Waals surface area contributed by atoms with Crippen molar-refractivity contribution in [2.75, 3.05) is 19.3 Å². The number of carbonyl (C=O) groups excluding carboxylic acids is 1. The summed E-state index contributed by atoms with van der Waals surface area (Å²) >= 11 is 0. The second kappa shape index (κ2) is 13.4. The van der Waals surface area contributed by atoms with Gasteiger partial charge in [0.25, 0.3) is 5.91 Å². The summed E-state index contributed by atoms with van der Waals surface area (Å²) < 4.78 is 37.0. The van der Waals surface area contributed by atoms with Crippen LogP contribution in [0.1, 0.15) is 40.9 Å². The van der Waals surface area contributed by atoms with Crippen LogP contribution in [0.15, 0.2) is 47.5 Å². The number of benzene rings is 2. The molecule has 0 heterocycles. The molecule has 0 aliphatic heterocycles. The Balaban J connectivity index is 0.00000512. The molecule has 0 atom stereocenters. The predicted molar refractivity (Wildman–Crippen MR) is 136 cm³/mol. The van der Waals surface area contributed by atoms with Crippen molar-refractivity contribution in [2.24, 2.45) is 4.99 Å². The SMILES string of the molecule is CCNC(=O)c1ccc(CN=C(NCC)NCc2cc(F)ccc2CS(C)(=O)=O)cc1.I. The Morgan fingerprint density at radius 2 is 1.62 bits per heavy atom. The molecule has 0 saturated carbocycles. The van der Waals surface area contributed by atoms with Gasteiger partial charge in [0.1, 0.15) is 5.82 Å². The minimum absolute atomic E-state index is 0. The minimum Gasteiger partial charge on any atom is -0.357 e. The Morgan fingerprint density at radius 1 is 0.969 bits per heavy atom. The van der Waals surface area contributed by atoms with Crippen LogP contribution in [0.5, 0.6) is 0 Å². The lowest BCUT2D eigenvalue weighted by Crippen LogP contribution is -2.37. The van der Waals surface area contributed by atoms with Gasteiger partial charge in [0.15, 0.2) is 15.8 Å². The summed E-state index contributed by atoms with van der Waals surface area (Å²) in [6.45, 7) is 5.59. The maximum Gasteiger partial charge on any atom is 0.251 e. The molecule has 2 aromatic rings. The van der Waals surface area contributed by atoms with Crippen LogP contribution in [0.2, 0.25) is 0 Å². The number of nitrogens with zero attached hydrogens (tertiary/aromatic N) is 1. The number of carbonyl (C=O) groups is 1. The highest BCUT2D eigenvalue weighted by molar-refractivity contribution is 14.0. The van der Waals surface area contributed by atoms with E-state index in [4.69, 9.17) is 0 Å². The highest BCUT2D eigenvalue weighted by atomic mass is 127. The van der Waals surface area contributed by atoms with Crippen molar-refractivity contribution in [3.63, 3.8) is 0 Å². The molecule has 0 fully saturated rings. The number of guanidine groups is 1. The first-order valence-corrected chi connectivity index (χ1v) is 12.1. The molecule has 1 amide bonds. The zero-order valence-electron chi connectivity index (χ0n) is 18.4. The van der Waals surface area contributed by atoms with Crippen LogP contribution >= 0.6 is 24.0 Å². The molecule has 0 radical (unpaired) electrons. The highest BCUT2D eigenvalue weighted by Crippen LogP contribution is 2.14. The first-order chi connectivity index (χ1) is 14.7. The molecule has 0 aliphatic carbocycles. The van der Waals surface area contributed by atoms with Gasteiger partial charge in [-0.25, -0.2) is 17.8 Å². The number of halogens is 2. The molecule has 7 nitrogen and oxygen atoms in total. The summed E-state index contributed by atoms with van der Waals surface area (Å²) in [7, 11) is -3.25. The van der Waals surface area contributed by atoms with Crippen molar-refractivity contribution in [1.29, 1.82) is 0 Å². The number of hydrogen-bond donors (Lipinski definition) is 3. The van der Waals surface area contributed by atoms with E-state index in [1.54, 1.807) is 12.1 Å². The topological polar surface area (TPSA) is 99.7 Å². The van der Waals surface area contributed by atoms with E-state index in [9.17, 15) is 17.6 Å². The Kier molecular flexibility index (Phi) is 11.6. The number of rotatable bonds is 9. The van der Waals surface area contributed by atoms with Gasteiger partial charge in [0, 0.05) is 31.5 Å². The lowest BCUT2D eigenvalue weighted by atomic mass is 10.1. The van der Waals surface area contributed by atoms with Gasteiger partial charge < -0.3 is 16.0 Å². The molecular weight excluding hydrogens is 546 g/mol. The number of nitrogens with one attached hydrogen (secondary N) is 3. The van der Waals surface area contributed by atoms with Gasteiger partial charge in [-0.3, -0.25) is 4.79 Å². The van der Waals surface area contributed by atoms with Gasteiger partial charge in [-0.2, -0.15) is 0 Å². The first-order valence-electron chi connectivity index (χ1n) is 10.1. The average Bonchev–Trinajstić information content (AvgIpc) is 2.71. The number of hydrogen-bond acceptors (Lipinski definition) is 4. The van der Waals surface area contributed by atoms with Gasteiger partial charge in [0.05, 0.1) is 12.3 Å². The minimum atomic E-state index is -3.25. The van der Waals surface area contributed by atoms with E-state index in [1.165, 1.54) is 18.2 Å². The summed E-state index contributed by atoms with van der Waals surface area (Å²) in [5.41, 5.74) is 2.62. The van der Waals surface area contributed by atoms with E-state index in [0.29, 0.717) is 42.3 Å². The number of sulfone groups is 1. The van der Waals surface area contributed by atoms with Gasteiger partial charge in [-0.1, -0.05) is 18.2 Å². The summed E-state index contributed by atoms with van der Waals surface area (Å²) in [6, 6.07) is 11.3. The van der Waals surface area contributed by atoms with Gasteiger partial charge in [-0.05, 0) is 54.8 Å². The van der Waals surface area contributed by atoms with Crippen LogP contribution in [-0.2, 0) is 28.7 Å². The van der Waals surface area contributed by atoms with Crippen LogP contribution < -0.4 is 16.0 Å². The molecule has 0 aromatic heterocycles. The van der Waals surface area contributed by atoms with E-state index < -0.39 is 15.7 Å². The number of amides is 1. The lowest BCUT2D eigenvalue weighted by Gasteiger charge is -2.14. The molecule has 32 heavy (non-hydrogen) atoms. The van der Waals surface area contributed by atoms with E-state index in [1.807, 2.05) is 26.0 Å². The lowest BCUT2D eigenvalue weighted by molar-refractivity contribution is 0.0956. The van der Waals surface area contributed by atoms with Crippen molar-refractivity contribution in [1.82, 2.24) is 16.0 Å². The Bertz CT molecular complexity index is 1030. The zero-order valence-corrected chi connectivity index (χ0v) is 21.6. The summed E-state index contributed by atoms with van der Waals surface area (Å²) in [6.07, 6.45) is 1.15. The molecule has 0 unspecified atom stereocenters. The van der Waals surface area contributed by atoms with Crippen molar-refractivity contribution in [3.8, 4) is 0 Å². The molecule has 0 spiro atoms. The maximum atomic E-state index is 13.7. The molecule has 3 N–H and O–H groups in total. The Labute approximate surface area is 206 Å². The predicted octanol–water partition coefficient (Wildman–Crippen LogP) is 2.99. The average molecular weight is 576 g/mol. The molecule has 2 rings (SSSR count). The Hall–Kier alpha value is -2.21. The van der Waals surface area contributed by atoms with Gasteiger partial charge in [-0.15, -0.1) is 24.0 Å². The molecule has 10 heteroatoms. The second-order valence-corrected chi connectivity index (χ2v) is 9.23. The summed E-state index contributed by atoms with van der Waals surface area (Å²) in [5, 5.41) is 8.99. The van der Waals surface area contributed by atoms with Crippen LogP contribution in [0.4, 0.5) is 4.39 Å². The summed E-state index contributed by atoms with van der Waals surface area (Å²) in [4.78, 5) is 16.4. The smallest absolute Gasteiger partial charge is 0.251 e. The molecular formula is C22H30FIN4O3S. The van der Waals surface area contributed by atoms with Crippen LogP contribution in [0.3, 0.4) is 0 Å². The number of aliphatic imine (C=N–C) groups is 1. The largest absolute Gasteiger partial charge is 0.357 e. The van der Waals surface area contributed by atoms with Gasteiger partial charge >= 0.3 is 0 Å². The standard InChI is InChI=1S/C22H29FN4O3S.HI/c1-4-24-21(28)17-8-6-16(7-9-17)13-26-22(25-5-2)27-14-19-12-20(23)11-10-18(19)15-31(3,29)30;/h6-12H,4-5,13-15H2,1-3H3,(H,24,28)(H2,25,26,27);1H. The third-order valence-electron chi connectivity index (χ3n) is 4.35. The fourth-order valence-corrected chi connectivity index (χ4v) is 3.74. The van der Waals surface area contributed by atoms with Crippen LogP contribution in [-0.4, -0.2) is 39.6 Å². The molecule has 176 valence electrons. The van der Waals surface area contributed by atoms with E-state index >= 15 is 0 Å². The molecule has 0 bridgehead atoms. The second-order valence-electron chi connectivity index (χ2n) is 7.09. The molecule has 0 aliphatic rings. The fourth-order valence-electron chi connectivity index (χ4n) is 2.90. The third-order valence-corrected chi connectivity index (χ3v) is 5.19. The molecule has 0 saturated heterocycles. The van der Waals surface area contributed by atoms with Gasteiger partial charge in [0.2, 0.25) is 0 Å². The Morgan fingerprint density at radius 3 is 2.22 bits per heavy atom. The normalized spacial score (nSPS) is 11.4. The molecule has 2 aromatic carbocycles. The highest BCUT2D eigenvalue weighted by Gasteiger charge is 2.11. The van der Waals surface area contributed by atoms with E-state index in [2.05, 4.69) is 20.9 Å². The van der Waals surface area contributed by atoms with Crippen LogP contribution in [0.25, 0.3) is 0 Å². The summed E-state index contributed by atoms with van der Waals surface area (Å²) in [5.74, 6) is -0.184. The van der Waals surface area contributed by atoms with E-state index in [0.717, 1.165) is 11.8 Å². The third kappa shape index (κ3) is 9.51. The van der Waals surface area contributed by atoms with Crippen LogP contribution in [0, 0.1) is 5.82 Å². The first kappa shape index (κ1) is 27.8. The fraction of sp³-hybridized carbons (Fsp3) is 0.364. The van der Waals surface area contributed by atoms with Crippen molar-refractivity contribution in [2.45, 2.75) is 32.7 Å². The maximum absolute atomic E-state index is 13.7. The monoisotopic (exact) mass is 576 g/mol. The zero-order chi connectivity index (χ0) is 22.9. The van der Waals surface area contributed by atoms with Crippen molar-refractivity contribution < 1.29 is 17.6 Å².